The van der Waals surface area contributed by atoms with Gasteiger partial charge in [0.1, 0.15) is 0 Å². The van der Waals surface area contributed by atoms with Crippen molar-refractivity contribution in [2.45, 2.75) is 49.9 Å². The van der Waals surface area contributed by atoms with Gasteiger partial charge in [0.25, 0.3) is 0 Å². The number of hydrogen-bond acceptors (Lipinski definition) is 4. The largest absolute Gasteiger partial charge is 0.342 e. The van der Waals surface area contributed by atoms with Gasteiger partial charge in [-0.25, -0.2) is 4.98 Å². The number of hydrogen-bond donors (Lipinski definition) is 1. The molecule has 1 N–H and O–H groups in total. The zero-order chi connectivity index (χ0) is 16.9. The Morgan fingerprint density at radius 3 is 2.50 bits per heavy atom. The molecule has 0 spiro atoms. The fourth-order valence-electron chi connectivity index (χ4n) is 2.90. The Hall–Kier alpha value is -1.82. The fraction of sp³-hybridized carbons (Fsp3) is 0.500. The van der Waals surface area contributed by atoms with Crippen molar-refractivity contribution in [1.29, 1.82) is 0 Å². The normalized spacial score (nSPS) is 16.7. The van der Waals surface area contributed by atoms with Gasteiger partial charge in [-0.3, -0.25) is 9.89 Å². The number of aromatic nitrogens is 3. The molecule has 2 aromatic rings. The van der Waals surface area contributed by atoms with Gasteiger partial charge in [0.05, 0.1) is 5.25 Å². The number of aromatic amines is 1. The Balaban J connectivity index is 1.63. The van der Waals surface area contributed by atoms with Crippen molar-refractivity contribution in [1.82, 2.24) is 20.1 Å². The number of carbonyl (C=O) groups is 1. The number of nitrogens with zero attached hydrogens (tertiary/aromatic N) is 3. The van der Waals surface area contributed by atoms with Crippen LogP contribution in [-0.2, 0) is 4.79 Å². The lowest BCUT2D eigenvalue weighted by molar-refractivity contribution is -0.130. The van der Waals surface area contributed by atoms with Crippen LogP contribution in [0.1, 0.15) is 38.2 Å². The lowest BCUT2D eigenvalue weighted by atomic mass is 10.1. The molecule has 0 aliphatic carbocycles. The highest BCUT2D eigenvalue weighted by atomic mass is 32.2. The molecule has 24 heavy (non-hydrogen) atoms. The van der Waals surface area contributed by atoms with E-state index >= 15 is 0 Å². The van der Waals surface area contributed by atoms with Crippen molar-refractivity contribution in [3.05, 3.63) is 29.8 Å². The highest BCUT2D eigenvalue weighted by Crippen LogP contribution is 2.24. The van der Waals surface area contributed by atoms with Crippen LogP contribution in [-0.4, -0.2) is 44.3 Å². The van der Waals surface area contributed by atoms with Gasteiger partial charge in [0.2, 0.25) is 11.1 Å². The maximum absolute atomic E-state index is 12.6. The van der Waals surface area contributed by atoms with Crippen molar-refractivity contribution < 1.29 is 4.79 Å². The third-order valence-corrected chi connectivity index (χ3v) is 5.29. The number of likely N-dealkylation sites (tertiary alicyclic amines) is 1. The summed E-state index contributed by atoms with van der Waals surface area (Å²) in [5, 5.41) is 7.69. The smallest absolute Gasteiger partial charge is 0.235 e. The predicted molar refractivity (Wildman–Crippen MR) is 96.9 cm³/mol. The van der Waals surface area contributed by atoms with Crippen molar-refractivity contribution >= 4 is 17.7 Å². The summed E-state index contributed by atoms with van der Waals surface area (Å²) in [5.74, 6) is 0.940. The van der Waals surface area contributed by atoms with Crippen LogP contribution < -0.4 is 0 Å². The molecule has 2 heterocycles. The van der Waals surface area contributed by atoms with Crippen LogP contribution in [0.15, 0.2) is 29.4 Å². The molecule has 5 nitrogen and oxygen atoms in total. The molecule has 3 rings (SSSR count). The van der Waals surface area contributed by atoms with Gasteiger partial charge in [-0.15, -0.1) is 5.10 Å². The first-order valence-corrected chi connectivity index (χ1v) is 9.46. The third-order valence-electron chi connectivity index (χ3n) is 4.34. The van der Waals surface area contributed by atoms with E-state index in [0.717, 1.165) is 37.3 Å². The van der Waals surface area contributed by atoms with Crippen molar-refractivity contribution in [2.24, 2.45) is 0 Å². The third kappa shape index (κ3) is 4.17. The molecule has 0 radical (unpaired) electrons. The van der Waals surface area contributed by atoms with E-state index in [1.165, 1.54) is 30.2 Å². The molecule has 0 saturated carbocycles. The second-order valence-corrected chi connectivity index (χ2v) is 7.64. The molecular formula is C18H24N4OS. The summed E-state index contributed by atoms with van der Waals surface area (Å²) in [4.78, 5) is 19.1. The van der Waals surface area contributed by atoms with Gasteiger partial charge in [-0.1, -0.05) is 54.4 Å². The second-order valence-electron chi connectivity index (χ2n) is 6.33. The van der Waals surface area contributed by atoms with E-state index in [-0.39, 0.29) is 11.2 Å². The van der Waals surface area contributed by atoms with E-state index in [0.29, 0.717) is 5.16 Å². The number of thioether (sulfide) groups is 1. The van der Waals surface area contributed by atoms with E-state index < -0.39 is 0 Å². The van der Waals surface area contributed by atoms with E-state index in [1.807, 2.05) is 24.0 Å². The van der Waals surface area contributed by atoms with Crippen molar-refractivity contribution in [2.75, 3.05) is 13.1 Å². The summed E-state index contributed by atoms with van der Waals surface area (Å²) >= 11 is 1.43. The average Bonchev–Trinajstić information content (AvgIpc) is 2.88. The van der Waals surface area contributed by atoms with Crippen LogP contribution in [0.25, 0.3) is 11.4 Å². The van der Waals surface area contributed by atoms with Crippen molar-refractivity contribution in [3.63, 3.8) is 0 Å². The zero-order valence-corrected chi connectivity index (χ0v) is 15.1. The topological polar surface area (TPSA) is 61.9 Å². The number of amides is 1. The molecule has 1 aromatic carbocycles. The molecule has 1 aliphatic rings. The minimum atomic E-state index is -0.162. The van der Waals surface area contributed by atoms with Crippen LogP contribution in [0.2, 0.25) is 0 Å². The van der Waals surface area contributed by atoms with Gasteiger partial charge < -0.3 is 4.90 Å². The SMILES string of the molecule is Cc1ccc(-c2nc(S[C@@H](C)C(=O)N3CCCCCC3)n[nH]2)cc1. The molecule has 1 amide bonds. The number of rotatable bonds is 4. The lowest BCUT2D eigenvalue weighted by Crippen LogP contribution is -2.37. The molecule has 0 unspecified atom stereocenters. The highest BCUT2D eigenvalue weighted by Gasteiger charge is 2.23. The zero-order valence-electron chi connectivity index (χ0n) is 14.3. The van der Waals surface area contributed by atoms with Gasteiger partial charge in [0, 0.05) is 18.7 Å². The summed E-state index contributed by atoms with van der Waals surface area (Å²) in [6.45, 7) is 5.76. The van der Waals surface area contributed by atoms with Gasteiger partial charge in [0.15, 0.2) is 5.82 Å². The van der Waals surface area contributed by atoms with Crippen LogP contribution in [0.5, 0.6) is 0 Å². The standard InChI is InChI=1S/C18H24N4OS/c1-13-7-9-15(10-8-13)16-19-18(21-20-16)24-14(2)17(23)22-11-5-3-4-6-12-22/h7-10,14H,3-6,11-12H2,1-2H3,(H,19,20,21)/t14-/m0/s1. The summed E-state index contributed by atoms with van der Waals surface area (Å²) in [6, 6.07) is 8.15. The summed E-state index contributed by atoms with van der Waals surface area (Å²) < 4.78 is 0. The monoisotopic (exact) mass is 344 g/mol. The first kappa shape index (κ1) is 17.0. The number of aryl methyl sites for hydroxylation is 1. The Morgan fingerprint density at radius 2 is 1.83 bits per heavy atom. The first-order chi connectivity index (χ1) is 11.6. The maximum atomic E-state index is 12.6. The molecule has 1 fully saturated rings. The molecule has 1 aliphatic heterocycles. The minimum absolute atomic E-state index is 0.162. The Bertz CT molecular complexity index is 675. The molecule has 1 aromatic heterocycles. The average molecular weight is 344 g/mol. The summed E-state index contributed by atoms with van der Waals surface area (Å²) in [7, 11) is 0. The number of nitrogens with one attached hydrogen (secondary N) is 1. The minimum Gasteiger partial charge on any atom is -0.342 e. The molecule has 128 valence electrons. The Morgan fingerprint density at radius 1 is 1.17 bits per heavy atom. The first-order valence-electron chi connectivity index (χ1n) is 8.58. The summed E-state index contributed by atoms with van der Waals surface area (Å²) in [5.41, 5.74) is 2.22. The molecular weight excluding hydrogens is 320 g/mol. The van der Waals surface area contributed by atoms with E-state index in [9.17, 15) is 4.79 Å². The summed E-state index contributed by atoms with van der Waals surface area (Å²) in [6.07, 6.45) is 4.68. The van der Waals surface area contributed by atoms with Crippen LogP contribution in [0.4, 0.5) is 0 Å². The number of carbonyl (C=O) groups excluding carboxylic acids is 1. The van der Waals surface area contributed by atoms with Gasteiger partial charge in [-0.2, -0.15) is 0 Å². The van der Waals surface area contributed by atoms with Gasteiger partial charge in [-0.05, 0) is 26.7 Å². The Labute approximate surface area is 147 Å². The number of benzene rings is 1. The lowest BCUT2D eigenvalue weighted by Gasteiger charge is -2.23. The maximum Gasteiger partial charge on any atom is 0.235 e. The van der Waals surface area contributed by atoms with E-state index in [1.54, 1.807) is 0 Å². The molecule has 1 saturated heterocycles. The molecule has 1 atom stereocenters. The number of H-pyrrole nitrogens is 1. The van der Waals surface area contributed by atoms with E-state index in [4.69, 9.17) is 0 Å². The van der Waals surface area contributed by atoms with Crippen LogP contribution >= 0.6 is 11.8 Å². The fourth-order valence-corrected chi connectivity index (χ4v) is 3.70. The van der Waals surface area contributed by atoms with Crippen LogP contribution in [0.3, 0.4) is 0 Å². The van der Waals surface area contributed by atoms with Gasteiger partial charge >= 0.3 is 0 Å². The quantitative estimate of drug-likeness (QED) is 0.860. The molecule has 0 bridgehead atoms. The predicted octanol–water partition coefficient (Wildman–Crippen LogP) is 3.66. The van der Waals surface area contributed by atoms with Crippen molar-refractivity contribution in [3.8, 4) is 11.4 Å². The molecule has 6 heteroatoms. The Kier molecular flexibility index (Phi) is 5.56. The van der Waals surface area contributed by atoms with E-state index in [2.05, 4.69) is 34.2 Å². The second kappa shape index (κ2) is 7.83. The highest BCUT2D eigenvalue weighted by molar-refractivity contribution is 8.00. The van der Waals surface area contributed by atoms with Crippen LogP contribution in [0, 0.1) is 6.92 Å².